The maximum atomic E-state index is 12.2. The summed E-state index contributed by atoms with van der Waals surface area (Å²) in [5, 5.41) is 11.8. The Hall–Kier alpha value is -0.750. The van der Waals surface area contributed by atoms with Gasteiger partial charge < -0.3 is 15.3 Å². The predicted molar refractivity (Wildman–Crippen MR) is 69.1 cm³/mol. The van der Waals surface area contributed by atoms with Crippen molar-refractivity contribution in [1.29, 1.82) is 0 Å². The first kappa shape index (κ1) is 16.3. The third kappa shape index (κ3) is 5.82. The second-order valence-corrected chi connectivity index (χ2v) is 5.16. The van der Waals surface area contributed by atoms with Crippen LogP contribution in [-0.4, -0.2) is 54.6 Å². The number of hydrogen-bond donors (Lipinski definition) is 2. The first-order valence-corrected chi connectivity index (χ1v) is 6.97. The minimum atomic E-state index is -2.38. The highest BCUT2D eigenvalue weighted by Gasteiger charge is 2.29. The van der Waals surface area contributed by atoms with Crippen molar-refractivity contribution >= 4 is 5.91 Å². The molecule has 1 saturated heterocycles. The van der Waals surface area contributed by atoms with Crippen LogP contribution in [0, 0.1) is 5.92 Å². The second-order valence-electron chi connectivity index (χ2n) is 5.16. The largest absolute Gasteiger partial charge is 0.396 e. The van der Waals surface area contributed by atoms with Gasteiger partial charge in [0.05, 0.1) is 6.54 Å². The fourth-order valence-corrected chi connectivity index (χ4v) is 2.57. The Labute approximate surface area is 113 Å². The third-order valence-corrected chi connectivity index (χ3v) is 3.45. The van der Waals surface area contributed by atoms with Gasteiger partial charge in [-0.25, -0.2) is 8.78 Å². The van der Waals surface area contributed by atoms with Crippen molar-refractivity contribution in [1.82, 2.24) is 10.2 Å². The summed E-state index contributed by atoms with van der Waals surface area (Å²) in [7, 11) is 0. The maximum absolute atomic E-state index is 12.2. The molecule has 0 aromatic carbocycles. The topological polar surface area (TPSA) is 52.6 Å². The summed E-state index contributed by atoms with van der Waals surface area (Å²) in [5.41, 5.74) is 0. The minimum absolute atomic E-state index is 0.0715. The van der Waals surface area contributed by atoms with E-state index in [4.69, 9.17) is 5.11 Å². The van der Waals surface area contributed by atoms with Crippen LogP contribution in [0.2, 0.25) is 0 Å². The van der Waals surface area contributed by atoms with Gasteiger partial charge in [-0.1, -0.05) is 6.92 Å². The van der Waals surface area contributed by atoms with Gasteiger partial charge in [0, 0.05) is 32.2 Å². The molecule has 1 amide bonds. The lowest BCUT2D eigenvalue weighted by molar-refractivity contribution is -0.133. The van der Waals surface area contributed by atoms with Gasteiger partial charge in [0.1, 0.15) is 0 Å². The molecule has 19 heavy (non-hydrogen) atoms. The van der Waals surface area contributed by atoms with Crippen molar-refractivity contribution in [3.8, 4) is 0 Å². The van der Waals surface area contributed by atoms with Gasteiger partial charge in [-0.2, -0.15) is 0 Å². The van der Waals surface area contributed by atoms with Gasteiger partial charge in [0.15, 0.2) is 0 Å². The summed E-state index contributed by atoms with van der Waals surface area (Å²) in [6.45, 7) is 2.80. The van der Waals surface area contributed by atoms with E-state index in [0.29, 0.717) is 25.9 Å². The molecular weight excluding hydrogens is 254 g/mol. The number of hydrogen-bond acceptors (Lipinski definition) is 3. The fourth-order valence-electron chi connectivity index (χ4n) is 2.57. The van der Waals surface area contributed by atoms with E-state index in [1.165, 1.54) is 0 Å². The van der Waals surface area contributed by atoms with Gasteiger partial charge in [0.2, 0.25) is 5.91 Å². The third-order valence-electron chi connectivity index (χ3n) is 3.45. The van der Waals surface area contributed by atoms with Crippen molar-refractivity contribution < 1.29 is 18.7 Å². The number of likely N-dealkylation sites (tertiary alicyclic amines) is 1. The highest BCUT2D eigenvalue weighted by Crippen LogP contribution is 2.21. The summed E-state index contributed by atoms with van der Waals surface area (Å²) in [4.78, 5) is 13.7. The van der Waals surface area contributed by atoms with Crippen LogP contribution in [0.15, 0.2) is 0 Å². The van der Waals surface area contributed by atoms with Crippen molar-refractivity contribution in [3.05, 3.63) is 0 Å². The summed E-state index contributed by atoms with van der Waals surface area (Å²) < 4.78 is 24.5. The number of halogens is 2. The van der Waals surface area contributed by atoms with Gasteiger partial charge in [-0.05, 0) is 25.2 Å². The van der Waals surface area contributed by atoms with Crippen LogP contribution in [0.25, 0.3) is 0 Å². The average molecular weight is 278 g/mol. The molecular formula is C13H24F2N2O2. The molecule has 112 valence electrons. The lowest BCUT2D eigenvalue weighted by atomic mass is 9.91. The zero-order valence-corrected chi connectivity index (χ0v) is 11.4. The van der Waals surface area contributed by atoms with Crippen LogP contribution >= 0.6 is 0 Å². The van der Waals surface area contributed by atoms with E-state index in [9.17, 15) is 13.6 Å². The molecule has 2 N–H and O–H groups in total. The molecule has 1 fully saturated rings. The Bertz CT molecular complexity index is 277. The SMILES string of the molecule is CCCC(=O)N1CC(CCO)CC(NCC(F)F)C1. The van der Waals surface area contributed by atoms with E-state index in [0.717, 1.165) is 12.8 Å². The van der Waals surface area contributed by atoms with E-state index >= 15 is 0 Å². The molecule has 0 bridgehead atoms. The standard InChI is InChI=1S/C13H24F2N2O2/c1-2-3-13(19)17-8-10(4-5-18)6-11(9-17)16-7-12(14)15/h10-12,16,18H,2-9H2,1H3. The highest BCUT2D eigenvalue weighted by molar-refractivity contribution is 5.76. The number of aliphatic hydroxyl groups is 1. The molecule has 1 rings (SSSR count). The van der Waals surface area contributed by atoms with Crippen molar-refractivity contribution in [3.63, 3.8) is 0 Å². The second kappa shape index (κ2) is 8.43. The van der Waals surface area contributed by atoms with E-state index in [1.54, 1.807) is 4.90 Å². The van der Waals surface area contributed by atoms with E-state index < -0.39 is 6.43 Å². The Morgan fingerprint density at radius 2 is 2.21 bits per heavy atom. The molecule has 0 aliphatic carbocycles. The number of carbonyl (C=O) groups excluding carboxylic acids is 1. The number of rotatable bonds is 7. The van der Waals surface area contributed by atoms with Crippen LogP contribution in [-0.2, 0) is 4.79 Å². The predicted octanol–water partition coefficient (Wildman–Crippen LogP) is 1.24. The highest BCUT2D eigenvalue weighted by atomic mass is 19.3. The van der Waals surface area contributed by atoms with Crippen LogP contribution in [0.1, 0.15) is 32.6 Å². The monoisotopic (exact) mass is 278 g/mol. The zero-order chi connectivity index (χ0) is 14.3. The first-order chi connectivity index (χ1) is 9.06. The molecule has 0 saturated carbocycles. The Kier molecular flexibility index (Phi) is 7.23. The molecule has 1 heterocycles. The molecule has 0 aromatic rings. The minimum Gasteiger partial charge on any atom is -0.396 e. The fraction of sp³-hybridized carbons (Fsp3) is 0.923. The quantitative estimate of drug-likeness (QED) is 0.737. The lowest BCUT2D eigenvalue weighted by Crippen LogP contribution is -2.52. The summed E-state index contributed by atoms with van der Waals surface area (Å²) in [6.07, 6.45) is 0.257. The normalized spacial score (nSPS) is 23.9. The van der Waals surface area contributed by atoms with Crippen LogP contribution in [0.3, 0.4) is 0 Å². The Balaban J connectivity index is 2.54. The maximum Gasteiger partial charge on any atom is 0.250 e. The zero-order valence-electron chi connectivity index (χ0n) is 11.4. The van der Waals surface area contributed by atoms with Crippen molar-refractivity contribution in [2.75, 3.05) is 26.2 Å². The van der Waals surface area contributed by atoms with Gasteiger partial charge in [-0.3, -0.25) is 4.79 Å². The summed E-state index contributed by atoms with van der Waals surface area (Å²) in [6, 6.07) is -0.0971. The molecule has 2 atom stereocenters. The molecule has 6 heteroatoms. The molecule has 1 aliphatic heterocycles. The number of nitrogens with one attached hydrogen (secondary N) is 1. The Morgan fingerprint density at radius 1 is 1.47 bits per heavy atom. The average Bonchev–Trinajstić information content (AvgIpc) is 2.37. The first-order valence-electron chi connectivity index (χ1n) is 6.97. The molecule has 1 aliphatic rings. The van der Waals surface area contributed by atoms with E-state index in [1.807, 2.05) is 6.92 Å². The molecule has 0 spiro atoms. The number of amides is 1. The molecule has 0 aromatic heterocycles. The van der Waals surface area contributed by atoms with E-state index in [-0.39, 0.29) is 31.0 Å². The smallest absolute Gasteiger partial charge is 0.250 e. The molecule has 4 nitrogen and oxygen atoms in total. The summed E-state index contributed by atoms with van der Waals surface area (Å²) in [5.74, 6) is 0.267. The number of carbonyl (C=O) groups is 1. The molecule has 2 unspecified atom stereocenters. The summed E-state index contributed by atoms with van der Waals surface area (Å²) >= 11 is 0. The Morgan fingerprint density at radius 3 is 2.79 bits per heavy atom. The lowest BCUT2D eigenvalue weighted by Gasteiger charge is -2.38. The van der Waals surface area contributed by atoms with Gasteiger partial charge >= 0.3 is 0 Å². The molecule has 0 radical (unpaired) electrons. The number of piperidine rings is 1. The van der Waals surface area contributed by atoms with E-state index in [2.05, 4.69) is 5.32 Å². The number of alkyl halides is 2. The van der Waals surface area contributed by atoms with Gasteiger partial charge in [-0.15, -0.1) is 0 Å². The van der Waals surface area contributed by atoms with Crippen LogP contribution in [0.4, 0.5) is 8.78 Å². The van der Waals surface area contributed by atoms with Crippen molar-refractivity contribution in [2.24, 2.45) is 5.92 Å². The van der Waals surface area contributed by atoms with Crippen LogP contribution < -0.4 is 5.32 Å². The van der Waals surface area contributed by atoms with Gasteiger partial charge in [0.25, 0.3) is 6.43 Å². The number of aliphatic hydroxyl groups excluding tert-OH is 1. The van der Waals surface area contributed by atoms with Crippen LogP contribution in [0.5, 0.6) is 0 Å². The number of nitrogens with zero attached hydrogens (tertiary/aromatic N) is 1. The van der Waals surface area contributed by atoms with Crippen molar-refractivity contribution in [2.45, 2.75) is 45.1 Å².